The van der Waals surface area contributed by atoms with Crippen molar-refractivity contribution in [2.24, 2.45) is 0 Å². The molecule has 0 fully saturated rings. The van der Waals surface area contributed by atoms with Gasteiger partial charge in [0, 0.05) is 12.1 Å². The van der Waals surface area contributed by atoms with Crippen LogP contribution in [0, 0.1) is 6.92 Å². The van der Waals surface area contributed by atoms with E-state index in [0.29, 0.717) is 18.5 Å². The number of rotatable bonds is 6. The maximum absolute atomic E-state index is 13.1. The zero-order valence-electron chi connectivity index (χ0n) is 16.5. The highest BCUT2D eigenvalue weighted by molar-refractivity contribution is 6.07. The van der Waals surface area contributed by atoms with Crippen LogP contribution in [-0.2, 0) is 6.54 Å². The first-order valence-corrected chi connectivity index (χ1v) is 9.47. The summed E-state index contributed by atoms with van der Waals surface area (Å²) in [7, 11) is 0. The molecule has 2 aromatic carbocycles. The molecule has 1 aromatic heterocycles. The van der Waals surface area contributed by atoms with Crippen LogP contribution in [0.1, 0.15) is 34.8 Å². The molecule has 0 aliphatic heterocycles. The van der Waals surface area contributed by atoms with Crippen LogP contribution in [0.5, 0.6) is 0 Å². The maximum atomic E-state index is 13.1. The molecule has 0 saturated carbocycles. The Balaban J connectivity index is 2.09. The van der Waals surface area contributed by atoms with E-state index in [4.69, 9.17) is 5.73 Å². The monoisotopic (exact) mass is 392 g/mol. The lowest BCUT2D eigenvalue weighted by molar-refractivity contribution is 0.0986. The third-order valence-corrected chi connectivity index (χ3v) is 4.66. The van der Waals surface area contributed by atoms with E-state index in [0.717, 1.165) is 11.1 Å². The molecule has 29 heavy (non-hydrogen) atoms. The number of amides is 1. The molecule has 0 saturated heterocycles. The van der Waals surface area contributed by atoms with Gasteiger partial charge in [0.05, 0.1) is 6.54 Å². The molecular weight excluding hydrogens is 368 g/mol. The number of H-pyrrole nitrogens is 1. The lowest BCUT2D eigenvalue weighted by Crippen LogP contribution is -2.41. The van der Waals surface area contributed by atoms with Crippen LogP contribution in [0.2, 0.25) is 0 Å². The highest BCUT2D eigenvalue weighted by Crippen LogP contribution is 2.21. The first-order chi connectivity index (χ1) is 13.9. The number of nitrogens with zero attached hydrogens (tertiary/aromatic N) is 2. The number of aromatic nitrogens is 2. The van der Waals surface area contributed by atoms with Crippen molar-refractivity contribution in [3.63, 3.8) is 0 Å². The number of nitrogens with one attached hydrogen (secondary N) is 1. The maximum Gasteiger partial charge on any atom is 0.330 e. The van der Waals surface area contributed by atoms with E-state index < -0.39 is 11.2 Å². The van der Waals surface area contributed by atoms with Gasteiger partial charge in [-0.25, -0.2) is 4.79 Å². The molecule has 1 amide bonds. The first kappa shape index (κ1) is 20.1. The lowest BCUT2D eigenvalue weighted by atomic mass is 10.1. The van der Waals surface area contributed by atoms with Gasteiger partial charge in [0.15, 0.2) is 5.69 Å². The van der Waals surface area contributed by atoms with E-state index >= 15 is 0 Å². The molecule has 7 nitrogen and oxygen atoms in total. The van der Waals surface area contributed by atoms with Crippen molar-refractivity contribution < 1.29 is 4.79 Å². The standard InChI is InChI=1S/C22H24N4O3/c1-3-13-25(21(28)17-11-9-15(2)10-12-17)18-19(23)26(22(29)24-20(18)27)14-16-7-5-4-6-8-16/h4-12H,3,13-14,23H2,1-2H3,(H,24,27,29). The Kier molecular flexibility index (Phi) is 5.97. The second kappa shape index (κ2) is 8.60. The minimum Gasteiger partial charge on any atom is -0.383 e. The van der Waals surface area contributed by atoms with Gasteiger partial charge in [0.25, 0.3) is 11.5 Å². The summed E-state index contributed by atoms with van der Waals surface area (Å²) in [5.74, 6) is -0.370. The summed E-state index contributed by atoms with van der Waals surface area (Å²) in [5.41, 5.74) is 7.29. The van der Waals surface area contributed by atoms with Crippen molar-refractivity contribution in [2.45, 2.75) is 26.8 Å². The minimum atomic E-state index is -0.675. The van der Waals surface area contributed by atoms with E-state index in [-0.39, 0.29) is 24.0 Å². The van der Waals surface area contributed by atoms with Gasteiger partial charge in [-0.15, -0.1) is 0 Å². The Bertz CT molecular complexity index is 1120. The molecule has 150 valence electrons. The molecule has 3 rings (SSSR count). The molecular formula is C22H24N4O3. The number of anilines is 2. The van der Waals surface area contributed by atoms with Crippen LogP contribution in [0.15, 0.2) is 64.2 Å². The number of hydrogen-bond acceptors (Lipinski definition) is 4. The van der Waals surface area contributed by atoms with Crippen molar-refractivity contribution in [1.29, 1.82) is 0 Å². The Morgan fingerprint density at radius 1 is 1.07 bits per heavy atom. The van der Waals surface area contributed by atoms with Crippen LogP contribution < -0.4 is 21.9 Å². The third-order valence-electron chi connectivity index (χ3n) is 4.66. The number of nitrogens with two attached hydrogens (primary N) is 1. The molecule has 0 aliphatic carbocycles. The number of hydrogen-bond donors (Lipinski definition) is 2. The number of carbonyl (C=O) groups excluding carboxylic acids is 1. The average Bonchev–Trinajstić information content (AvgIpc) is 2.71. The molecule has 0 spiro atoms. The van der Waals surface area contributed by atoms with E-state index in [2.05, 4.69) is 4.98 Å². The van der Waals surface area contributed by atoms with E-state index in [1.165, 1.54) is 9.47 Å². The van der Waals surface area contributed by atoms with Crippen LogP contribution in [-0.4, -0.2) is 22.0 Å². The normalized spacial score (nSPS) is 10.7. The van der Waals surface area contributed by atoms with Crippen molar-refractivity contribution in [3.05, 3.63) is 92.1 Å². The Labute approximate surface area is 168 Å². The van der Waals surface area contributed by atoms with Crippen LogP contribution >= 0.6 is 0 Å². The summed E-state index contributed by atoms with van der Waals surface area (Å²) < 4.78 is 1.27. The second-order valence-electron chi connectivity index (χ2n) is 6.89. The second-order valence-corrected chi connectivity index (χ2v) is 6.89. The fourth-order valence-corrected chi connectivity index (χ4v) is 3.15. The zero-order chi connectivity index (χ0) is 21.0. The fourth-order valence-electron chi connectivity index (χ4n) is 3.15. The molecule has 7 heteroatoms. The molecule has 0 aliphatic rings. The molecule has 0 unspecified atom stereocenters. The smallest absolute Gasteiger partial charge is 0.330 e. The van der Waals surface area contributed by atoms with Gasteiger partial charge in [-0.2, -0.15) is 0 Å². The highest BCUT2D eigenvalue weighted by Gasteiger charge is 2.24. The third kappa shape index (κ3) is 4.29. The summed E-state index contributed by atoms with van der Waals surface area (Å²) in [5, 5.41) is 0. The fraction of sp³-hybridized carbons (Fsp3) is 0.227. The molecule has 3 aromatic rings. The van der Waals surface area contributed by atoms with E-state index in [1.54, 1.807) is 12.1 Å². The topological polar surface area (TPSA) is 101 Å². The summed E-state index contributed by atoms with van der Waals surface area (Å²) in [6.45, 7) is 4.32. The van der Waals surface area contributed by atoms with E-state index in [1.807, 2.05) is 56.3 Å². The summed E-state index contributed by atoms with van der Waals surface area (Å²) in [4.78, 5) is 41.8. The quantitative estimate of drug-likeness (QED) is 0.673. The van der Waals surface area contributed by atoms with Crippen LogP contribution in [0.25, 0.3) is 0 Å². The summed E-state index contributed by atoms with van der Waals surface area (Å²) in [6.07, 6.45) is 0.619. The van der Waals surface area contributed by atoms with Crippen molar-refractivity contribution >= 4 is 17.4 Å². The predicted octanol–water partition coefficient (Wildman–Crippen LogP) is 2.53. The first-order valence-electron chi connectivity index (χ1n) is 9.47. The molecule has 1 heterocycles. The highest BCUT2D eigenvalue weighted by atomic mass is 16.2. The SMILES string of the molecule is CCCN(C(=O)c1ccc(C)cc1)c1c(N)n(Cc2ccccc2)c(=O)[nH]c1=O. The number of nitrogen functional groups attached to an aromatic ring is 1. The van der Waals surface area contributed by atoms with Gasteiger partial charge in [-0.1, -0.05) is 55.0 Å². The Hall–Kier alpha value is -3.61. The van der Waals surface area contributed by atoms with Gasteiger partial charge in [-0.3, -0.25) is 19.1 Å². The Morgan fingerprint density at radius 3 is 2.34 bits per heavy atom. The van der Waals surface area contributed by atoms with Crippen molar-refractivity contribution in [1.82, 2.24) is 9.55 Å². The van der Waals surface area contributed by atoms with Crippen molar-refractivity contribution in [3.8, 4) is 0 Å². The molecule has 3 N–H and O–H groups in total. The largest absolute Gasteiger partial charge is 0.383 e. The predicted molar refractivity (Wildman–Crippen MR) is 114 cm³/mol. The van der Waals surface area contributed by atoms with Gasteiger partial charge >= 0.3 is 5.69 Å². The van der Waals surface area contributed by atoms with Gasteiger partial charge in [0.1, 0.15) is 5.82 Å². The Morgan fingerprint density at radius 2 is 1.72 bits per heavy atom. The van der Waals surface area contributed by atoms with Crippen LogP contribution in [0.4, 0.5) is 11.5 Å². The number of aromatic amines is 1. The number of carbonyl (C=O) groups is 1. The van der Waals surface area contributed by atoms with Gasteiger partial charge in [0.2, 0.25) is 0 Å². The number of benzene rings is 2. The molecule has 0 atom stereocenters. The average molecular weight is 392 g/mol. The zero-order valence-corrected chi connectivity index (χ0v) is 16.5. The molecule has 0 bridgehead atoms. The summed E-state index contributed by atoms with van der Waals surface area (Å²) >= 11 is 0. The van der Waals surface area contributed by atoms with Crippen LogP contribution in [0.3, 0.4) is 0 Å². The van der Waals surface area contributed by atoms with E-state index in [9.17, 15) is 14.4 Å². The van der Waals surface area contributed by atoms with Gasteiger partial charge in [-0.05, 0) is 31.0 Å². The molecule has 0 radical (unpaired) electrons. The summed E-state index contributed by atoms with van der Waals surface area (Å²) in [6, 6.07) is 16.4. The lowest BCUT2D eigenvalue weighted by Gasteiger charge is -2.24. The van der Waals surface area contributed by atoms with Gasteiger partial charge < -0.3 is 10.6 Å². The minimum absolute atomic E-state index is 0.00652. The van der Waals surface area contributed by atoms with Crippen molar-refractivity contribution in [2.75, 3.05) is 17.2 Å². The number of aryl methyl sites for hydroxylation is 1.